The molecule has 3 aromatic rings. The van der Waals surface area contributed by atoms with E-state index in [4.69, 9.17) is 4.74 Å². The summed E-state index contributed by atoms with van der Waals surface area (Å²) in [6, 6.07) is 19.7. The van der Waals surface area contributed by atoms with E-state index in [-0.39, 0.29) is 17.6 Å². The van der Waals surface area contributed by atoms with Crippen molar-refractivity contribution in [3.05, 3.63) is 88.6 Å². The Morgan fingerprint density at radius 1 is 0.972 bits per heavy atom. The molecule has 2 amide bonds. The van der Waals surface area contributed by atoms with Crippen molar-refractivity contribution in [2.24, 2.45) is 0 Å². The summed E-state index contributed by atoms with van der Waals surface area (Å²) >= 11 is 1.39. The highest BCUT2D eigenvalue weighted by atomic mass is 32.2. The van der Waals surface area contributed by atoms with Crippen LogP contribution in [-0.2, 0) is 4.79 Å². The molecule has 0 bridgehead atoms. The van der Waals surface area contributed by atoms with Gasteiger partial charge in [0.25, 0.3) is 11.8 Å². The van der Waals surface area contributed by atoms with E-state index in [1.807, 2.05) is 53.4 Å². The van der Waals surface area contributed by atoms with Crippen molar-refractivity contribution in [1.82, 2.24) is 4.90 Å². The number of nitrogens with zero attached hydrogens (tertiary/aromatic N) is 3. The third kappa shape index (κ3) is 4.68. The number of halogens is 1. The van der Waals surface area contributed by atoms with Crippen molar-refractivity contribution in [2.75, 3.05) is 50.1 Å². The number of ether oxygens (including phenoxy) is 1. The first kappa shape index (κ1) is 23.9. The van der Waals surface area contributed by atoms with Crippen molar-refractivity contribution in [3.63, 3.8) is 0 Å². The lowest BCUT2D eigenvalue weighted by Crippen LogP contribution is -2.49. The molecule has 0 radical (unpaired) electrons. The molecule has 0 atom stereocenters. The number of carbonyl (C=O) groups is 2. The number of benzene rings is 3. The molecular weight excluding hydrogens is 477 g/mol. The summed E-state index contributed by atoms with van der Waals surface area (Å²) < 4.78 is 19.4. The number of carbonyl (C=O) groups excluding carboxylic acids is 2. The van der Waals surface area contributed by atoms with Crippen LogP contribution in [0.15, 0.2) is 76.5 Å². The Morgan fingerprint density at radius 3 is 2.50 bits per heavy atom. The molecule has 0 aliphatic carbocycles. The number of hydrogen-bond donors (Lipinski definition) is 0. The van der Waals surface area contributed by atoms with Gasteiger partial charge in [0.1, 0.15) is 11.6 Å². The molecule has 2 aliphatic rings. The smallest absolute Gasteiger partial charge is 0.264 e. The van der Waals surface area contributed by atoms with E-state index in [9.17, 15) is 14.0 Å². The van der Waals surface area contributed by atoms with E-state index in [0.717, 1.165) is 16.2 Å². The summed E-state index contributed by atoms with van der Waals surface area (Å²) in [6.45, 7) is 2.12. The molecular formula is C28H26FN3O3S. The van der Waals surface area contributed by atoms with Gasteiger partial charge in [-0.3, -0.25) is 9.59 Å². The molecule has 5 rings (SSSR count). The Labute approximate surface area is 213 Å². The largest absolute Gasteiger partial charge is 0.497 e. The van der Waals surface area contributed by atoms with Crippen molar-refractivity contribution >= 4 is 41.0 Å². The minimum Gasteiger partial charge on any atom is -0.497 e. The minimum absolute atomic E-state index is 0.0884. The summed E-state index contributed by atoms with van der Waals surface area (Å²) in [4.78, 5) is 33.2. The van der Waals surface area contributed by atoms with Gasteiger partial charge in [0.05, 0.1) is 23.4 Å². The maximum Gasteiger partial charge on any atom is 0.264 e. The minimum atomic E-state index is -0.253. The second-order valence-electron chi connectivity index (χ2n) is 8.66. The Morgan fingerprint density at radius 2 is 1.75 bits per heavy atom. The van der Waals surface area contributed by atoms with E-state index in [2.05, 4.69) is 0 Å². The van der Waals surface area contributed by atoms with Gasteiger partial charge in [0, 0.05) is 43.7 Å². The van der Waals surface area contributed by atoms with E-state index >= 15 is 0 Å². The highest BCUT2D eigenvalue weighted by Crippen LogP contribution is 2.42. The molecule has 0 N–H and O–H groups in total. The first-order valence-electron chi connectivity index (χ1n) is 11.7. The number of rotatable bonds is 4. The molecule has 6 nitrogen and oxygen atoms in total. The summed E-state index contributed by atoms with van der Waals surface area (Å²) in [5.74, 6) is 0.259. The molecule has 2 heterocycles. The fourth-order valence-electron chi connectivity index (χ4n) is 4.45. The number of methoxy groups -OCH3 is 1. The first-order chi connectivity index (χ1) is 17.4. The summed E-state index contributed by atoms with van der Waals surface area (Å²) in [6.07, 6.45) is 1.85. The molecule has 0 spiro atoms. The summed E-state index contributed by atoms with van der Waals surface area (Å²) in [5.41, 5.74) is 2.69. The molecule has 3 aromatic carbocycles. The Bertz CT molecular complexity index is 1350. The standard InChI is InChI=1S/C28H26FN3O3S/c1-30-24-18-20(27(33)32-14-12-31(13-15-32)23-9-4-3-8-22(23)29)10-11-25(24)36-26(28(30)34)17-19-6-5-7-21(16-19)35-2/h3-11,16-18H,12-15H2,1-2H3. The van der Waals surface area contributed by atoms with E-state index in [1.54, 1.807) is 42.2 Å². The van der Waals surface area contributed by atoms with E-state index < -0.39 is 0 Å². The van der Waals surface area contributed by atoms with Crippen LogP contribution in [0.3, 0.4) is 0 Å². The average molecular weight is 504 g/mol. The van der Waals surface area contributed by atoms with Crippen LogP contribution in [0.1, 0.15) is 15.9 Å². The number of anilines is 2. The Hall–Kier alpha value is -3.78. The lowest BCUT2D eigenvalue weighted by Gasteiger charge is -2.36. The average Bonchev–Trinajstić information content (AvgIpc) is 2.91. The topological polar surface area (TPSA) is 53.1 Å². The molecule has 0 unspecified atom stereocenters. The maximum absolute atomic E-state index is 14.1. The number of likely N-dealkylation sites (N-methyl/N-ethyl adjacent to an activating group) is 1. The molecule has 2 aliphatic heterocycles. The lowest BCUT2D eigenvalue weighted by molar-refractivity contribution is -0.114. The van der Waals surface area contributed by atoms with Gasteiger partial charge in [0.15, 0.2) is 0 Å². The third-order valence-electron chi connectivity index (χ3n) is 6.45. The van der Waals surface area contributed by atoms with Crippen LogP contribution in [0.25, 0.3) is 6.08 Å². The Balaban J connectivity index is 1.31. The molecule has 0 aromatic heterocycles. The first-order valence-corrected chi connectivity index (χ1v) is 12.5. The van der Waals surface area contributed by atoms with E-state index in [0.29, 0.717) is 48.0 Å². The highest BCUT2D eigenvalue weighted by molar-refractivity contribution is 8.04. The zero-order chi connectivity index (χ0) is 25.2. The van der Waals surface area contributed by atoms with Crippen LogP contribution < -0.4 is 14.5 Å². The van der Waals surface area contributed by atoms with Crippen molar-refractivity contribution < 1.29 is 18.7 Å². The van der Waals surface area contributed by atoms with Crippen molar-refractivity contribution in [2.45, 2.75) is 4.90 Å². The fraction of sp³-hybridized carbons (Fsp3) is 0.214. The number of piperazine rings is 1. The quantitative estimate of drug-likeness (QED) is 0.474. The van der Waals surface area contributed by atoms with Gasteiger partial charge in [-0.05, 0) is 54.1 Å². The normalized spacial score (nSPS) is 16.8. The zero-order valence-electron chi connectivity index (χ0n) is 20.1. The molecule has 184 valence electrons. The predicted octanol–water partition coefficient (Wildman–Crippen LogP) is 4.91. The zero-order valence-corrected chi connectivity index (χ0v) is 20.9. The van der Waals surface area contributed by atoms with Crippen LogP contribution in [0.4, 0.5) is 15.8 Å². The van der Waals surface area contributed by atoms with Crippen LogP contribution in [0.5, 0.6) is 5.75 Å². The van der Waals surface area contributed by atoms with Gasteiger partial charge < -0.3 is 19.4 Å². The molecule has 1 fully saturated rings. The number of hydrogen-bond acceptors (Lipinski definition) is 5. The van der Waals surface area contributed by atoms with E-state index in [1.165, 1.54) is 17.8 Å². The monoisotopic (exact) mass is 503 g/mol. The van der Waals surface area contributed by atoms with Gasteiger partial charge in [-0.2, -0.15) is 0 Å². The van der Waals surface area contributed by atoms with Crippen LogP contribution in [-0.4, -0.2) is 57.1 Å². The second-order valence-corrected chi connectivity index (χ2v) is 9.75. The number of para-hydroxylation sites is 1. The number of fused-ring (bicyclic) bond motifs is 1. The van der Waals surface area contributed by atoms with Crippen LogP contribution >= 0.6 is 11.8 Å². The van der Waals surface area contributed by atoms with Gasteiger partial charge >= 0.3 is 0 Å². The summed E-state index contributed by atoms with van der Waals surface area (Å²) in [7, 11) is 3.33. The molecule has 36 heavy (non-hydrogen) atoms. The molecule has 0 saturated carbocycles. The SMILES string of the molecule is COc1cccc(C=C2Sc3ccc(C(=O)N4CCN(c5ccccc5F)CC4)cc3N(C)C2=O)c1. The maximum atomic E-state index is 14.1. The molecule has 8 heteroatoms. The summed E-state index contributed by atoms with van der Waals surface area (Å²) in [5, 5.41) is 0. The number of amides is 2. The fourth-order valence-corrected chi connectivity index (χ4v) is 5.54. The predicted molar refractivity (Wildman–Crippen MR) is 141 cm³/mol. The van der Waals surface area contributed by atoms with Gasteiger partial charge in [-0.15, -0.1) is 0 Å². The number of thioether (sulfide) groups is 1. The Kier molecular flexibility index (Phi) is 6.69. The van der Waals surface area contributed by atoms with Crippen molar-refractivity contribution in [3.8, 4) is 5.75 Å². The third-order valence-corrected chi connectivity index (χ3v) is 7.53. The van der Waals surface area contributed by atoms with Gasteiger partial charge in [-0.25, -0.2) is 4.39 Å². The van der Waals surface area contributed by atoms with Crippen LogP contribution in [0.2, 0.25) is 0 Å². The van der Waals surface area contributed by atoms with Gasteiger partial charge in [-0.1, -0.05) is 36.0 Å². The second kappa shape index (κ2) is 10.1. The highest BCUT2D eigenvalue weighted by Gasteiger charge is 2.29. The van der Waals surface area contributed by atoms with Crippen molar-refractivity contribution in [1.29, 1.82) is 0 Å². The molecule has 1 saturated heterocycles. The lowest BCUT2D eigenvalue weighted by atomic mass is 10.1. The van der Waals surface area contributed by atoms with Gasteiger partial charge in [0.2, 0.25) is 0 Å². The van der Waals surface area contributed by atoms with Crippen LogP contribution in [0, 0.1) is 5.82 Å².